The van der Waals surface area contributed by atoms with Crippen molar-refractivity contribution in [3.63, 3.8) is 0 Å². The summed E-state index contributed by atoms with van der Waals surface area (Å²) in [5, 5.41) is 7.52. The smallest absolute Gasteiger partial charge is 0.260 e. The van der Waals surface area contributed by atoms with Crippen LogP contribution in [0.2, 0.25) is 0 Å². The number of aryl methyl sites for hydroxylation is 1. The molecule has 2 heterocycles. The number of hydrogen-bond donors (Lipinski definition) is 1. The number of likely N-dealkylation sites (tertiary alicyclic amines) is 1. The van der Waals surface area contributed by atoms with Gasteiger partial charge in [-0.25, -0.2) is 4.68 Å². The lowest BCUT2D eigenvalue weighted by Gasteiger charge is -2.26. The van der Waals surface area contributed by atoms with Crippen molar-refractivity contribution in [2.24, 2.45) is 0 Å². The van der Waals surface area contributed by atoms with Crippen LogP contribution in [0.25, 0.3) is 0 Å². The number of ether oxygens (including phenoxy) is 1. The van der Waals surface area contributed by atoms with E-state index in [2.05, 4.69) is 10.4 Å². The predicted octanol–water partition coefficient (Wildman–Crippen LogP) is 3.95. The van der Waals surface area contributed by atoms with Gasteiger partial charge in [0.05, 0.1) is 12.2 Å². The summed E-state index contributed by atoms with van der Waals surface area (Å²) in [7, 11) is 0. The fraction of sp³-hybridized carbons (Fsp3) is 0.522. The standard InChI is InChI=1S/C23H30N4O3/c1-17-15-24-27(19-9-3-4-10-19)22(17)25-23(29)18-8-7-11-20(14-18)30-16-21(28)26-12-5-2-6-13-26/h7-8,11,14-15,19H,2-6,9-10,12-13,16H2,1H3,(H,25,29). The van der Waals surface area contributed by atoms with Gasteiger partial charge in [-0.3, -0.25) is 9.59 Å². The molecule has 0 spiro atoms. The van der Waals surface area contributed by atoms with Crippen molar-refractivity contribution in [3.05, 3.63) is 41.6 Å². The van der Waals surface area contributed by atoms with Gasteiger partial charge in [0, 0.05) is 24.2 Å². The lowest BCUT2D eigenvalue weighted by Crippen LogP contribution is -2.38. The Hall–Kier alpha value is -2.83. The Labute approximate surface area is 177 Å². The zero-order valence-corrected chi connectivity index (χ0v) is 17.6. The number of anilines is 1. The Balaban J connectivity index is 1.39. The summed E-state index contributed by atoms with van der Waals surface area (Å²) < 4.78 is 7.64. The molecule has 1 aliphatic heterocycles. The van der Waals surface area contributed by atoms with Gasteiger partial charge >= 0.3 is 0 Å². The van der Waals surface area contributed by atoms with Gasteiger partial charge in [0.1, 0.15) is 11.6 Å². The van der Waals surface area contributed by atoms with Crippen LogP contribution in [0.1, 0.15) is 66.9 Å². The van der Waals surface area contributed by atoms with Crippen molar-refractivity contribution < 1.29 is 14.3 Å². The van der Waals surface area contributed by atoms with Gasteiger partial charge in [-0.2, -0.15) is 5.10 Å². The molecule has 1 aliphatic carbocycles. The monoisotopic (exact) mass is 410 g/mol. The van der Waals surface area contributed by atoms with E-state index in [1.165, 1.54) is 19.3 Å². The van der Waals surface area contributed by atoms with E-state index in [1.54, 1.807) is 30.5 Å². The van der Waals surface area contributed by atoms with Gasteiger partial charge in [-0.1, -0.05) is 18.9 Å². The van der Waals surface area contributed by atoms with E-state index in [1.807, 2.05) is 16.5 Å². The number of rotatable bonds is 6. The first-order valence-electron chi connectivity index (χ1n) is 11.0. The molecule has 0 radical (unpaired) electrons. The highest BCUT2D eigenvalue weighted by Crippen LogP contribution is 2.32. The Kier molecular flexibility index (Phi) is 6.35. The molecule has 0 atom stereocenters. The fourth-order valence-electron chi connectivity index (χ4n) is 4.32. The fourth-order valence-corrected chi connectivity index (χ4v) is 4.32. The lowest BCUT2D eigenvalue weighted by atomic mass is 10.1. The SMILES string of the molecule is Cc1cnn(C2CCCC2)c1NC(=O)c1cccc(OCC(=O)N2CCCCC2)c1. The van der Waals surface area contributed by atoms with E-state index in [-0.39, 0.29) is 18.4 Å². The highest BCUT2D eigenvalue weighted by atomic mass is 16.5. The summed E-state index contributed by atoms with van der Waals surface area (Å²) in [5.41, 5.74) is 1.45. The second-order valence-electron chi connectivity index (χ2n) is 8.27. The van der Waals surface area contributed by atoms with Gasteiger partial charge in [0.25, 0.3) is 11.8 Å². The van der Waals surface area contributed by atoms with E-state index < -0.39 is 0 Å². The van der Waals surface area contributed by atoms with Crippen molar-refractivity contribution in [2.75, 3.05) is 25.0 Å². The molecule has 1 aromatic carbocycles. The second kappa shape index (κ2) is 9.32. The minimum absolute atomic E-state index is 0.000597. The molecule has 1 saturated heterocycles. The van der Waals surface area contributed by atoms with Crippen LogP contribution < -0.4 is 10.1 Å². The predicted molar refractivity (Wildman–Crippen MR) is 115 cm³/mol. The molecule has 4 rings (SSSR count). The molecule has 2 amide bonds. The number of nitrogens with zero attached hydrogens (tertiary/aromatic N) is 3. The molecule has 1 saturated carbocycles. The first-order valence-corrected chi connectivity index (χ1v) is 11.0. The highest BCUT2D eigenvalue weighted by molar-refractivity contribution is 6.04. The molecule has 7 nitrogen and oxygen atoms in total. The van der Waals surface area contributed by atoms with Crippen molar-refractivity contribution in [1.29, 1.82) is 0 Å². The summed E-state index contributed by atoms with van der Waals surface area (Å²) in [5.74, 6) is 1.08. The number of carbonyl (C=O) groups is 2. The van der Waals surface area contributed by atoms with E-state index >= 15 is 0 Å². The average Bonchev–Trinajstić information content (AvgIpc) is 3.43. The van der Waals surface area contributed by atoms with Gasteiger partial charge < -0.3 is 15.0 Å². The first kappa shape index (κ1) is 20.4. The average molecular weight is 411 g/mol. The maximum absolute atomic E-state index is 12.9. The quantitative estimate of drug-likeness (QED) is 0.782. The third-order valence-electron chi connectivity index (χ3n) is 6.05. The number of amides is 2. The number of carbonyl (C=O) groups excluding carboxylic acids is 2. The van der Waals surface area contributed by atoms with Crippen LogP contribution >= 0.6 is 0 Å². The highest BCUT2D eigenvalue weighted by Gasteiger charge is 2.23. The van der Waals surface area contributed by atoms with Crippen LogP contribution in [-0.4, -0.2) is 46.2 Å². The molecule has 7 heteroatoms. The third-order valence-corrected chi connectivity index (χ3v) is 6.05. The zero-order valence-electron chi connectivity index (χ0n) is 17.6. The molecule has 1 aromatic heterocycles. The van der Waals surface area contributed by atoms with Crippen LogP contribution in [0.15, 0.2) is 30.5 Å². The van der Waals surface area contributed by atoms with Crippen LogP contribution in [-0.2, 0) is 4.79 Å². The van der Waals surface area contributed by atoms with Crippen molar-refractivity contribution in [3.8, 4) is 5.75 Å². The maximum atomic E-state index is 12.9. The Morgan fingerprint density at radius 2 is 1.90 bits per heavy atom. The summed E-state index contributed by atoms with van der Waals surface area (Å²) in [6.07, 6.45) is 9.69. The Bertz CT molecular complexity index is 896. The summed E-state index contributed by atoms with van der Waals surface area (Å²) in [6.45, 7) is 3.57. The van der Waals surface area contributed by atoms with Gasteiger partial charge in [0.2, 0.25) is 0 Å². The molecule has 0 bridgehead atoms. The minimum Gasteiger partial charge on any atom is -0.484 e. The largest absolute Gasteiger partial charge is 0.484 e. The molecule has 2 aliphatic rings. The molecule has 1 N–H and O–H groups in total. The van der Waals surface area contributed by atoms with Crippen LogP contribution in [0.3, 0.4) is 0 Å². The van der Waals surface area contributed by atoms with Crippen molar-refractivity contribution in [2.45, 2.75) is 57.9 Å². The molecule has 160 valence electrons. The van der Waals surface area contributed by atoms with E-state index in [4.69, 9.17) is 4.74 Å². The second-order valence-corrected chi connectivity index (χ2v) is 8.27. The summed E-state index contributed by atoms with van der Waals surface area (Å²) >= 11 is 0. The van der Waals surface area contributed by atoms with E-state index in [0.717, 1.165) is 50.2 Å². The molecular weight excluding hydrogens is 380 g/mol. The molecular formula is C23H30N4O3. The topological polar surface area (TPSA) is 76.5 Å². The molecule has 0 unspecified atom stereocenters. The van der Waals surface area contributed by atoms with E-state index in [0.29, 0.717) is 17.4 Å². The van der Waals surface area contributed by atoms with Gasteiger partial charge in [-0.05, 0) is 57.2 Å². The van der Waals surface area contributed by atoms with Crippen LogP contribution in [0.5, 0.6) is 5.75 Å². The number of benzene rings is 1. The number of aromatic nitrogens is 2. The van der Waals surface area contributed by atoms with Crippen LogP contribution in [0.4, 0.5) is 5.82 Å². The number of hydrogen-bond acceptors (Lipinski definition) is 4. The normalized spacial score (nSPS) is 17.2. The van der Waals surface area contributed by atoms with Crippen molar-refractivity contribution >= 4 is 17.6 Å². The molecule has 2 fully saturated rings. The minimum atomic E-state index is -0.203. The first-order chi connectivity index (χ1) is 14.6. The maximum Gasteiger partial charge on any atom is 0.260 e. The number of nitrogens with one attached hydrogen (secondary N) is 1. The molecule has 2 aromatic rings. The summed E-state index contributed by atoms with van der Waals surface area (Å²) in [6, 6.07) is 7.33. The van der Waals surface area contributed by atoms with Crippen LogP contribution in [0, 0.1) is 6.92 Å². The van der Waals surface area contributed by atoms with Crippen molar-refractivity contribution in [1.82, 2.24) is 14.7 Å². The summed E-state index contributed by atoms with van der Waals surface area (Å²) in [4.78, 5) is 27.1. The zero-order chi connectivity index (χ0) is 20.9. The van der Waals surface area contributed by atoms with Gasteiger partial charge in [0.15, 0.2) is 6.61 Å². The molecule has 30 heavy (non-hydrogen) atoms. The van der Waals surface area contributed by atoms with E-state index in [9.17, 15) is 9.59 Å². The Morgan fingerprint density at radius 1 is 1.13 bits per heavy atom. The third kappa shape index (κ3) is 4.66. The number of piperidine rings is 1. The van der Waals surface area contributed by atoms with Gasteiger partial charge in [-0.15, -0.1) is 0 Å². The Morgan fingerprint density at radius 3 is 2.67 bits per heavy atom. The lowest BCUT2D eigenvalue weighted by molar-refractivity contribution is -0.134.